The van der Waals surface area contributed by atoms with Crippen molar-refractivity contribution in [2.45, 2.75) is 12.8 Å². The summed E-state index contributed by atoms with van der Waals surface area (Å²) in [4.78, 5) is 19.1. The molecule has 0 spiro atoms. The molecule has 3 nitrogen and oxygen atoms in total. The van der Waals surface area contributed by atoms with E-state index in [-0.39, 0.29) is 17.2 Å². The molecule has 0 N–H and O–H groups in total. The third-order valence-electron chi connectivity index (χ3n) is 4.41. The molecule has 5 heteroatoms. The van der Waals surface area contributed by atoms with Crippen LogP contribution in [0, 0.1) is 0 Å². The van der Waals surface area contributed by atoms with E-state index >= 15 is 0 Å². The summed E-state index contributed by atoms with van der Waals surface area (Å²) in [5.41, 5.74) is 2.56. The predicted octanol–water partition coefficient (Wildman–Crippen LogP) is 5.60. The van der Waals surface area contributed by atoms with Crippen LogP contribution in [0.1, 0.15) is 18.1 Å². The number of hydrogen-bond acceptors (Lipinski definition) is 2. The van der Waals surface area contributed by atoms with Crippen LogP contribution in [0.3, 0.4) is 0 Å². The van der Waals surface area contributed by atoms with Gasteiger partial charge in [0.2, 0.25) is 0 Å². The summed E-state index contributed by atoms with van der Waals surface area (Å²) in [6.07, 6.45) is 0. The maximum absolute atomic E-state index is 13.6. The average molecular weight is 362 g/mol. The second-order valence-electron chi connectivity index (χ2n) is 6.39. The average Bonchev–Trinajstić information content (AvgIpc) is 2.94. The molecule has 0 atom stereocenters. The highest BCUT2D eigenvalue weighted by molar-refractivity contribution is 6.56. The number of benzene rings is 3. The van der Waals surface area contributed by atoms with Gasteiger partial charge in [0, 0.05) is 23.7 Å². The van der Waals surface area contributed by atoms with Crippen LogP contribution < -0.4 is 4.90 Å². The van der Waals surface area contributed by atoms with Crippen LogP contribution in [0.15, 0.2) is 83.9 Å². The van der Waals surface area contributed by atoms with E-state index in [1.807, 2.05) is 54.6 Å². The Morgan fingerprint density at radius 1 is 0.889 bits per heavy atom. The quantitative estimate of drug-likeness (QED) is 0.597. The number of amides is 1. The summed E-state index contributed by atoms with van der Waals surface area (Å²) in [6, 6.07) is 22.4. The third-order valence-corrected chi connectivity index (χ3v) is 4.41. The summed E-state index contributed by atoms with van der Waals surface area (Å²) < 4.78 is 27.2. The Hall–Kier alpha value is -3.34. The number of nitrogens with zero attached hydrogens (tertiary/aromatic N) is 2. The van der Waals surface area contributed by atoms with E-state index in [9.17, 15) is 13.6 Å². The lowest BCUT2D eigenvalue weighted by atomic mass is 10.1. The minimum atomic E-state index is -2.97. The number of aliphatic imine (C=N–C) groups is 1. The highest BCUT2D eigenvalue weighted by Crippen LogP contribution is 2.37. The largest absolute Gasteiger partial charge is 0.282 e. The van der Waals surface area contributed by atoms with Crippen molar-refractivity contribution in [1.82, 2.24) is 0 Å². The Morgan fingerprint density at radius 3 is 2.33 bits per heavy atom. The van der Waals surface area contributed by atoms with Crippen LogP contribution >= 0.6 is 0 Å². The van der Waals surface area contributed by atoms with Gasteiger partial charge in [-0.2, -0.15) is 0 Å². The summed E-state index contributed by atoms with van der Waals surface area (Å²) >= 11 is 0. The predicted molar refractivity (Wildman–Crippen MR) is 102 cm³/mol. The van der Waals surface area contributed by atoms with E-state index in [1.54, 1.807) is 11.0 Å². The lowest BCUT2D eigenvalue weighted by Gasteiger charge is -2.16. The van der Waals surface area contributed by atoms with Crippen LogP contribution in [0.5, 0.6) is 0 Å². The van der Waals surface area contributed by atoms with Gasteiger partial charge in [-0.1, -0.05) is 48.5 Å². The Labute approximate surface area is 155 Å². The van der Waals surface area contributed by atoms with Gasteiger partial charge in [-0.05, 0) is 30.3 Å². The third kappa shape index (κ3) is 3.12. The fraction of sp³-hybridized carbons (Fsp3) is 0.0909. The second kappa shape index (κ2) is 6.43. The molecule has 27 heavy (non-hydrogen) atoms. The number of anilines is 2. The Morgan fingerprint density at radius 2 is 1.59 bits per heavy atom. The minimum absolute atomic E-state index is 0.136. The van der Waals surface area contributed by atoms with Crippen molar-refractivity contribution < 1.29 is 13.6 Å². The molecule has 0 bridgehead atoms. The molecule has 0 aromatic heterocycles. The number of fused-ring (bicyclic) bond motifs is 1. The summed E-state index contributed by atoms with van der Waals surface area (Å²) in [5.74, 6) is -3.25. The molecule has 0 saturated heterocycles. The molecule has 0 aliphatic carbocycles. The molecule has 1 amide bonds. The van der Waals surface area contributed by atoms with E-state index in [0.29, 0.717) is 11.3 Å². The molecule has 1 heterocycles. The normalized spacial score (nSPS) is 15.3. The maximum atomic E-state index is 13.6. The molecule has 0 unspecified atom stereocenters. The van der Waals surface area contributed by atoms with Crippen molar-refractivity contribution in [2.75, 3.05) is 4.90 Å². The first-order valence-electron chi connectivity index (χ1n) is 8.51. The van der Waals surface area contributed by atoms with Crippen molar-refractivity contribution in [3.8, 4) is 0 Å². The standard InChI is InChI=1S/C22H16F2N2O/c1-22(23,24)15-8-7-9-16(14-15)25-20-18-12-5-6-13-19(18)26(21(20)27)17-10-3-2-4-11-17/h2-14H,1H3. The summed E-state index contributed by atoms with van der Waals surface area (Å²) in [6.45, 7) is 0.840. The zero-order chi connectivity index (χ0) is 19.0. The molecule has 3 aromatic rings. The maximum Gasteiger partial charge on any atom is 0.282 e. The molecular formula is C22H16F2N2O. The first-order valence-corrected chi connectivity index (χ1v) is 8.51. The fourth-order valence-corrected chi connectivity index (χ4v) is 3.12. The lowest BCUT2D eigenvalue weighted by Crippen LogP contribution is -2.25. The highest BCUT2D eigenvalue weighted by Gasteiger charge is 2.34. The van der Waals surface area contributed by atoms with E-state index in [2.05, 4.69) is 4.99 Å². The smallest absolute Gasteiger partial charge is 0.275 e. The monoisotopic (exact) mass is 362 g/mol. The Balaban J connectivity index is 1.83. The fourth-order valence-electron chi connectivity index (χ4n) is 3.12. The van der Waals surface area contributed by atoms with Crippen LogP contribution in [0.4, 0.5) is 25.8 Å². The van der Waals surface area contributed by atoms with E-state index < -0.39 is 5.92 Å². The number of carbonyl (C=O) groups excluding carboxylic acids is 1. The van der Waals surface area contributed by atoms with Gasteiger partial charge in [-0.3, -0.25) is 9.69 Å². The zero-order valence-electron chi connectivity index (χ0n) is 14.6. The van der Waals surface area contributed by atoms with E-state index in [0.717, 1.165) is 18.3 Å². The van der Waals surface area contributed by atoms with E-state index in [4.69, 9.17) is 0 Å². The minimum Gasteiger partial charge on any atom is -0.275 e. The first-order chi connectivity index (χ1) is 12.9. The highest BCUT2D eigenvalue weighted by atomic mass is 19.3. The molecule has 134 valence electrons. The number of carbonyl (C=O) groups is 1. The topological polar surface area (TPSA) is 32.7 Å². The number of hydrogen-bond donors (Lipinski definition) is 0. The summed E-state index contributed by atoms with van der Waals surface area (Å²) in [5, 5.41) is 0. The van der Waals surface area contributed by atoms with Gasteiger partial charge in [0.25, 0.3) is 11.8 Å². The summed E-state index contributed by atoms with van der Waals surface area (Å²) in [7, 11) is 0. The SMILES string of the molecule is CC(F)(F)c1cccc(N=C2C(=O)N(c3ccccc3)c3ccccc32)c1. The molecule has 0 saturated carbocycles. The number of para-hydroxylation sites is 2. The molecule has 1 aliphatic heterocycles. The van der Waals surface area contributed by atoms with E-state index in [1.165, 1.54) is 18.2 Å². The molecule has 0 fully saturated rings. The van der Waals surface area contributed by atoms with Gasteiger partial charge in [0.15, 0.2) is 0 Å². The van der Waals surface area contributed by atoms with Crippen molar-refractivity contribution in [2.24, 2.45) is 4.99 Å². The molecule has 1 aliphatic rings. The molecule has 4 rings (SSSR count). The van der Waals surface area contributed by atoms with Gasteiger partial charge in [0.05, 0.1) is 11.4 Å². The first kappa shape index (κ1) is 17.1. The Kier molecular flexibility index (Phi) is 4.07. The lowest BCUT2D eigenvalue weighted by molar-refractivity contribution is -0.111. The second-order valence-corrected chi connectivity index (χ2v) is 6.39. The van der Waals surface area contributed by atoms with Gasteiger partial charge < -0.3 is 0 Å². The van der Waals surface area contributed by atoms with Crippen molar-refractivity contribution in [3.05, 3.63) is 90.0 Å². The number of rotatable bonds is 3. The van der Waals surface area contributed by atoms with Crippen LogP contribution in [-0.4, -0.2) is 11.6 Å². The number of alkyl halides is 2. The molecule has 0 radical (unpaired) electrons. The molecular weight excluding hydrogens is 346 g/mol. The Bertz CT molecular complexity index is 1040. The van der Waals surface area contributed by atoms with Gasteiger partial charge >= 0.3 is 0 Å². The molecule has 3 aromatic carbocycles. The van der Waals surface area contributed by atoms with Crippen LogP contribution in [0.2, 0.25) is 0 Å². The van der Waals surface area contributed by atoms with Crippen LogP contribution in [0.25, 0.3) is 0 Å². The van der Waals surface area contributed by atoms with Crippen molar-refractivity contribution >= 4 is 28.7 Å². The van der Waals surface area contributed by atoms with Gasteiger partial charge in [0.1, 0.15) is 5.71 Å². The van der Waals surface area contributed by atoms with Crippen molar-refractivity contribution in [3.63, 3.8) is 0 Å². The van der Waals surface area contributed by atoms with Crippen molar-refractivity contribution in [1.29, 1.82) is 0 Å². The van der Waals surface area contributed by atoms with Crippen LogP contribution in [-0.2, 0) is 10.7 Å². The van der Waals surface area contributed by atoms with Gasteiger partial charge in [-0.15, -0.1) is 0 Å². The number of halogens is 2. The zero-order valence-corrected chi connectivity index (χ0v) is 14.6. The van der Waals surface area contributed by atoms with Gasteiger partial charge in [-0.25, -0.2) is 13.8 Å².